The Kier molecular flexibility index (Phi) is 5.84. The van der Waals surface area contributed by atoms with E-state index in [0.29, 0.717) is 19.8 Å². The van der Waals surface area contributed by atoms with Gasteiger partial charge < -0.3 is 13.9 Å². The van der Waals surface area contributed by atoms with Crippen molar-refractivity contribution >= 4 is 20.3 Å². The van der Waals surface area contributed by atoms with Gasteiger partial charge in [0.1, 0.15) is 0 Å². The van der Waals surface area contributed by atoms with Crippen LogP contribution in [0.25, 0.3) is 0 Å². The minimum absolute atomic E-state index is 0.0361. The van der Waals surface area contributed by atoms with Gasteiger partial charge in [-0.1, -0.05) is 32.4 Å². The zero-order chi connectivity index (χ0) is 19.0. The Labute approximate surface area is 152 Å². The highest BCUT2D eigenvalue weighted by molar-refractivity contribution is 6.74. The third-order valence-corrected chi connectivity index (χ3v) is 10.5. The molecule has 1 saturated heterocycles. The van der Waals surface area contributed by atoms with Crippen LogP contribution in [-0.4, -0.2) is 40.1 Å². The van der Waals surface area contributed by atoms with Crippen LogP contribution in [0.4, 0.5) is 0 Å². The SMILES string of the molecule is CCOC(=O)[C@H]1[C@@H]2C(=O)OC[C@H]2C=C(C)[C@H]1CO[Si](C)(C)C(C)(C)C. The van der Waals surface area contributed by atoms with Crippen molar-refractivity contribution in [2.24, 2.45) is 23.7 Å². The van der Waals surface area contributed by atoms with Gasteiger partial charge in [0.2, 0.25) is 0 Å². The molecule has 0 bridgehead atoms. The number of carbonyl (C=O) groups is 2. The molecule has 1 aliphatic carbocycles. The smallest absolute Gasteiger partial charge is 0.310 e. The number of ether oxygens (including phenoxy) is 2. The molecule has 5 nitrogen and oxygen atoms in total. The van der Waals surface area contributed by atoms with E-state index in [4.69, 9.17) is 13.9 Å². The van der Waals surface area contributed by atoms with Crippen molar-refractivity contribution in [1.29, 1.82) is 0 Å². The first-order chi connectivity index (χ1) is 11.5. The van der Waals surface area contributed by atoms with Crippen LogP contribution >= 0.6 is 0 Å². The number of carbonyl (C=O) groups excluding carboxylic acids is 2. The highest BCUT2D eigenvalue weighted by atomic mass is 28.4. The normalized spacial score (nSPS) is 29.7. The maximum absolute atomic E-state index is 12.7. The summed E-state index contributed by atoms with van der Waals surface area (Å²) in [6.07, 6.45) is 2.09. The van der Waals surface area contributed by atoms with Crippen LogP contribution < -0.4 is 0 Å². The van der Waals surface area contributed by atoms with E-state index in [-0.39, 0.29) is 28.8 Å². The molecule has 0 aromatic heterocycles. The fourth-order valence-corrected chi connectivity index (χ4v) is 4.44. The quantitative estimate of drug-likeness (QED) is 0.422. The van der Waals surface area contributed by atoms with Crippen molar-refractivity contribution in [2.75, 3.05) is 19.8 Å². The van der Waals surface area contributed by atoms with Gasteiger partial charge in [0.15, 0.2) is 8.32 Å². The zero-order valence-corrected chi connectivity index (χ0v) is 17.5. The number of hydrogen-bond acceptors (Lipinski definition) is 5. The third-order valence-electron chi connectivity index (χ3n) is 6.02. The largest absolute Gasteiger partial charge is 0.466 e. The van der Waals surface area contributed by atoms with Crippen LogP contribution in [0.5, 0.6) is 0 Å². The molecule has 0 radical (unpaired) electrons. The summed E-state index contributed by atoms with van der Waals surface area (Å²) in [7, 11) is -1.95. The van der Waals surface area contributed by atoms with E-state index in [9.17, 15) is 9.59 Å². The van der Waals surface area contributed by atoms with Crippen molar-refractivity contribution in [2.45, 2.75) is 52.8 Å². The van der Waals surface area contributed by atoms with Gasteiger partial charge >= 0.3 is 11.9 Å². The molecule has 0 aromatic rings. The Hall–Kier alpha value is -1.14. The van der Waals surface area contributed by atoms with Crippen LogP contribution in [0.2, 0.25) is 18.1 Å². The fourth-order valence-electron chi connectivity index (χ4n) is 3.41. The van der Waals surface area contributed by atoms with Crippen LogP contribution in [0.15, 0.2) is 11.6 Å². The average Bonchev–Trinajstić information content (AvgIpc) is 2.84. The summed E-state index contributed by atoms with van der Waals surface area (Å²) in [6.45, 7) is 15.9. The molecule has 4 atom stereocenters. The lowest BCUT2D eigenvalue weighted by molar-refractivity contribution is -0.158. The van der Waals surface area contributed by atoms with Crippen molar-refractivity contribution < 1.29 is 23.5 Å². The molecule has 25 heavy (non-hydrogen) atoms. The van der Waals surface area contributed by atoms with E-state index >= 15 is 0 Å². The monoisotopic (exact) mass is 368 g/mol. The molecular weight excluding hydrogens is 336 g/mol. The molecule has 2 rings (SSSR count). The fraction of sp³-hybridized carbons (Fsp3) is 0.789. The average molecular weight is 369 g/mol. The number of hydrogen-bond donors (Lipinski definition) is 0. The molecule has 0 spiro atoms. The summed E-state index contributed by atoms with van der Waals surface area (Å²) in [5.74, 6) is -1.74. The Morgan fingerprint density at radius 2 is 2.00 bits per heavy atom. The molecule has 1 heterocycles. The van der Waals surface area contributed by atoms with E-state index in [1.165, 1.54) is 0 Å². The number of cyclic esters (lactones) is 1. The standard InChI is InChI=1S/C19H32O5Si/c1-8-22-18(21)16-14(11-24-25(6,7)19(3,4)5)12(2)9-13-10-23-17(20)15(13)16/h9,13-16H,8,10-11H2,1-7H3/t13-,14-,15-,16-/m1/s1. The molecule has 0 saturated carbocycles. The highest BCUT2D eigenvalue weighted by Gasteiger charge is 2.52. The summed E-state index contributed by atoms with van der Waals surface area (Å²) < 4.78 is 16.9. The summed E-state index contributed by atoms with van der Waals surface area (Å²) >= 11 is 0. The van der Waals surface area contributed by atoms with E-state index in [2.05, 4.69) is 39.9 Å². The van der Waals surface area contributed by atoms with Crippen molar-refractivity contribution in [3.63, 3.8) is 0 Å². The molecule has 0 amide bonds. The van der Waals surface area contributed by atoms with E-state index < -0.39 is 20.2 Å². The lowest BCUT2D eigenvalue weighted by Gasteiger charge is -2.40. The predicted octanol–water partition coefficient (Wildman–Crippen LogP) is 3.55. The number of fused-ring (bicyclic) bond motifs is 1. The summed E-state index contributed by atoms with van der Waals surface area (Å²) in [5, 5.41) is 0.0908. The van der Waals surface area contributed by atoms with Crippen LogP contribution in [0, 0.1) is 23.7 Å². The molecule has 1 fully saturated rings. The molecule has 6 heteroatoms. The first-order valence-electron chi connectivity index (χ1n) is 9.15. The molecule has 0 unspecified atom stereocenters. The lowest BCUT2D eigenvalue weighted by Crippen LogP contribution is -2.46. The summed E-state index contributed by atoms with van der Waals surface area (Å²) in [6, 6.07) is 0. The molecular formula is C19H32O5Si. The van der Waals surface area contributed by atoms with E-state index in [0.717, 1.165) is 5.57 Å². The van der Waals surface area contributed by atoms with Gasteiger partial charge in [-0.2, -0.15) is 0 Å². The van der Waals surface area contributed by atoms with Gasteiger partial charge in [-0.3, -0.25) is 9.59 Å². The molecule has 1 aliphatic heterocycles. The summed E-state index contributed by atoms with van der Waals surface area (Å²) in [4.78, 5) is 24.9. The number of esters is 2. The third kappa shape index (κ3) is 4.00. The molecule has 0 N–H and O–H groups in total. The van der Waals surface area contributed by atoms with Gasteiger partial charge in [0.05, 0.1) is 25.0 Å². The second kappa shape index (κ2) is 7.23. The Bertz CT molecular complexity index is 561. The first-order valence-corrected chi connectivity index (χ1v) is 12.1. The van der Waals surface area contributed by atoms with Crippen LogP contribution in [0.3, 0.4) is 0 Å². The summed E-state index contributed by atoms with van der Waals surface area (Å²) in [5.41, 5.74) is 1.09. The predicted molar refractivity (Wildman–Crippen MR) is 98.5 cm³/mol. The first kappa shape index (κ1) is 20.2. The van der Waals surface area contributed by atoms with Gasteiger partial charge in [-0.25, -0.2) is 0 Å². The van der Waals surface area contributed by atoms with Crippen LogP contribution in [0.1, 0.15) is 34.6 Å². The highest BCUT2D eigenvalue weighted by Crippen LogP contribution is 2.44. The molecule has 2 aliphatic rings. The lowest BCUT2D eigenvalue weighted by atomic mass is 9.68. The van der Waals surface area contributed by atoms with Crippen LogP contribution in [-0.2, 0) is 23.5 Å². The van der Waals surface area contributed by atoms with Crippen molar-refractivity contribution in [3.05, 3.63) is 11.6 Å². The zero-order valence-electron chi connectivity index (χ0n) is 16.5. The van der Waals surface area contributed by atoms with E-state index in [1.807, 2.05) is 6.92 Å². The van der Waals surface area contributed by atoms with Crippen molar-refractivity contribution in [3.8, 4) is 0 Å². The van der Waals surface area contributed by atoms with Gasteiger partial charge in [0.25, 0.3) is 0 Å². The van der Waals surface area contributed by atoms with E-state index in [1.54, 1.807) is 6.92 Å². The van der Waals surface area contributed by atoms with Gasteiger partial charge in [-0.05, 0) is 32.0 Å². The molecule has 142 valence electrons. The Balaban J connectivity index is 2.28. The van der Waals surface area contributed by atoms with Gasteiger partial charge in [0, 0.05) is 18.4 Å². The Morgan fingerprint density at radius 1 is 1.36 bits per heavy atom. The minimum atomic E-state index is -1.95. The topological polar surface area (TPSA) is 61.8 Å². The maximum Gasteiger partial charge on any atom is 0.310 e. The second-order valence-electron chi connectivity index (χ2n) is 8.69. The second-order valence-corrected chi connectivity index (χ2v) is 13.5. The number of rotatable bonds is 5. The van der Waals surface area contributed by atoms with Gasteiger partial charge in [-0.15, -0.1) is 0 Å². The molecule has 0 aromatic carbocycles. The maximum atomic E-state index is 12.7. The Morgan fingerprint density at radius 3 is 2.56 bits per heavy atom. The minimum Gasteiger partial charge on any atom is -0.466 e. The van der Waals surface area contributed by atoms with Crippen molar-refractivity contribution in [1.82, 2.24) is 0 Å².